The zero-order chi connectivity index (χ0) is 23.0. The number of nitrogens with one attached hydrogen (secondary N) is 1. The molecule has 2 heterocycles. The molecule has 0 unspecified atom stereocenters. The van der Waals surface area contributed by atoms with E-state index >= 15 is 0 Å². The Labute approximate surface area is 194 Å². The van der Waals surface area contributed by atoms with Gasteiger partial charge in [-0.15, -0.1) is 0 Å². The Bertz CT molecular complexity index is 1090. The molecule has 1 fully saturated rings. The van der Waals surface area contributed by atoms with Gasteiger partial charge in [-0.1, -0.05) is 43.0 Å². The number of carbonyl (C=O) groups is 1. The summed E-state index contributed by atoms with van der Waals surface area (Å²) in [6, 6.07) is 17.4. The largest absolute Gasteiger partial charge is 0.496 e. The fourth-order valence-electron chi connectivity index (χ4n) is 4.21. The van der Waals surface area contributed by atoms with Crippen LogP contribution in [-0.2, 0) is 6.54 Å². The first kappa shape index (κ1) is 22.6. The molecule has 1 aliphatic heterocycles. The van der Waals surface area contributed by atoms with Gasteiger partial charge in [0, 0.05) is 31.3 Å². The van der Waals surface area contributed by atoms with Crippen molar-refractivity contribution in [1.29, 1.82) is 0 Å². The second-order valence-corrected chi connectivity index (χ2v) is 8.03. The number of likely N-dealkylation sites (tertiary alicyclic amines) is 1. The van der Waals surface area contributed by atoms with E-state index in [2.05, 4.69) is 28.0 Å². The van der Waals surface area contributed by atoms with Gasteiger partial charge >= 0.3 is 0 Å². The molecule has 7 nitrogen and oxygen atoms in total. The lowest BCUT2D eigenvalue weighted by atomic mass is 10.0. The van der Waals surface area contributed by atoms with E-state index in [0.717, 1.165) is 38.2 Å². The summed E-state index contributed by atoms with van der Waals surface area (Å²) in [6.07, 6.45) is 5.40. The molecule has 1 N–H and O–H groups in total. The average molecular weight is 447 g/mol. The number of hydrogen-bond donors (Lipinski definition) is 1. The number of amides is 1. The molecular formula is C26H30N4O3. The van der Waals surface area contributed by atoms with Crippen LogP contribution in [0.5, 0.6) is 11.5 Å². The third kappa shape index (κ3) is 5.43. The lowest BCUT2D eigenvalue weighted by Crippen LogP contribution is -2.35. The number of rotatable bonds is 9. The fourth-order valence-corrected chi connectivity index (χ4v) is 4.21. The predicted octanol–water partition coefficient (Wildman–Crippen LogP) is 4.55. The highest BCUT2D eigenvalue weighted by Gasteiger charge is 2.24. The number of ether oxygens (including phenoxy) is 2. The first-order valence-corrected chi connectivity index (χ1v) is 11.2. The van der Waals surface area contributed by atoms with Crippen LogP contribution in [0.1, 0.15) is 34.8 Å². The second-order valence-electron chi connectivity index (χ2n) is 8.03. The van der Waals surface area contributed by atoms with E-state index in [1.807, 2.05) is 41.1 Å². The summed E-state index contributed by atoms with van der Waals surface area (Å²) >= 11 is 0. The van der Waals surface area contributed by atoms with E-state index in [1.54, 1.807) is 31.5 Å². The summed E-state index contributed by atoms with van der Waals surface area (Å²) in [5.41, 5.74) is 1.68. The van der Waals surface area contributed by atoms with Gasteiger partial charge in [0.15, 0.2) is 0 Å². The minimum absolute atomic E-state index is 0.206. The molecule has 0 saturated carbocycles. The number of para-hydroxylation sites is 2. The highest BCUT2D eigenvalue weighted by atomic mass is 16.5. The minimum atomic E-state index is -0.206. The first-order valence-electron chi connectivity index (χ1n) is 11.2. The number of methoxy groups -OCH3 is 1. The Morgan fingerprint density at radius 1 is 1.12 bits per heavy atom. The lowest BCUT2D eigenvalue weighted by molar-refractivity contribution is 0.102. The molecule has 1 amide bonds. The van der Waals surface area contributed by atoms with Gasteiger partial charge in [-0.2, -0.15) is 5.10 Å². The normalized spacial score (nSPS) is 14.6. The monoisotopic (exact) mass is 446 g/mol. The van der Waals surface area contributed by atoms with Gasteiger partial charge in [-0.3, -0.25) is 9.69 Å². The van der Waals surface area contributed by atoms with E-state index in [0.29, 0.717) is 23.7 Å². The molecule has 172 valence electrons. The third-order valence-electron chi connectivity index (χ3n) is 5.89. The Balaban J connectivity index is 1.37. The fraction of sp³-hybridized carbons (Fsp3) is 0.308. The van der Waals surface area contributed by atoms with E-state index in [9.17, 15) is 4.79 Å². The third-order valence-corrected chi connectivity index (χ3v) is 5.89. The maximum Gasteiger partial charge on any atom is 0.260 e. The Kier molecular flexibility index (Phi) is 7.42. The van der Waals surface area contributed by atoms with Crippen LogP contribution in [0.25, 0.3) is 0 Å². The summed E-state index contributed by atoms with van der Waals surface area (Å²) in [5, 5.41) is 7.51. The van der Waals surface area contributed by atoms with E-state index < -0.39 is 0 Å². The SMILES string of the molecule is C=CCOc1ccccc1CN1CCC(n2nccc2NC(=O)c2ccccc2OC)CC1. The van der Waals surface area contributed by atoms with Gasteiger partial charge in [0.1, 0.15) is 23.9 Å². The quantitative estimate of drug-likeness (QED) is 0.489. The number of hydrogen-bond acceptors (Lipinski definition) is 5. The van der Waals surface area contributed by atoms with Gasteiger partial charge in [-0.05, 0) is 31.0 Å². The molecule has 0 aliphatic carbocycles. The molecule has 2 aromatic carbocycles. The van der Waals surface area contributed by atoms with Crippen molar-refractivity contribution in [2.24, 2.45) is 0 Å². The zero-order valence-electron chi connectivity index (χ0n) is 18.9. The Hall–Kier alpha value is -3.58. The van der Waals surface area contributed by atoms with Crippen LogP contribution >= 0.6 is 0 Å². The van der Waals surface area contributed by atoms with E-state index in [-0.39, 0.29) is 11.9 Å². The first-order chi connectivity index (χ1) is 16.2. The smallest absolute Gasteiger partial charge is 0.260 e. The number of nitrogens with zero attached hydrogens (tertiary/aromatic N) is 3. The Morgan fingerprint density at radius 3 is 2.61 bits per heavy atom. The van der Waals surface area contributed by atoms with Crippen LogP contribution < -0.4 is 14.8 Å². The molecule has 3 aromatic rings. The van der Waals surface area contributed by atoms with Crippen molar-refractivity contribution in [2.75, 3.05) is 32.1 Å². The molecule has 4 rings (SSSR count). The highest BCUT2D eigenvalue weighted by molar-refractivity contribution is 6.05. The topological polar surface area (TPSA) is 68.6 Å². The summed E-state index contributed by atoms with van der Waals surface area (Å²) in [4.78, 5) is 15.3. The second kappa shape index (κ2) is 10.8. The summed E-state index contributed by atoms with van der Waals surface area (Å²) in [6.45, 7) is 6.96. The Morgan fingerprint density at radius 2 is 1.85 bits per heavy atom. The molecular weight excluding hydrogens is 416 g/mol. The van der Waals surface area contributed by atoms with Crippen molar-refractivity contribution >= 4 is 11.7 Å². The van der Waals surface area contributed by atoms with Crippen molar-refractivity contribution in [3.05, 3.63) is 84.6 Å². The molecule has 0 bridgehead atoms. The van der Waals surface area contributed by atoms with Gasteiger partial charge in [0.2, 0.25) is 0 Å². The van der Waals surface area contributed by atoms with Gasteiger partial charge < -0.3 is 14.8 Å². The number of aromatic nitrogens is 2. The molecule has 1 aromatic heterocycles. The van der Waals surface area contributed by atoms with Crippen LogP contribution in [0.4, 0.5) is 5.82 Å². The number of piperidine rings is 1. The summed E-state index contributed by atoms with van der Waals surface area (Å²) in [5.74, 6) is 1.95. The molecule has 33 heavy (non-hydrogen) atoms. The molecule has 1 saturated heterocycles. The van der Waals surface area contributed by atoms with Crippen molar-refractivity contribution in [3.63, 3.8) is 0 Å². The highest BCUT2D eigenvalue weighted by Crippen LogP contribution is 2.28. The summed E-state index contributed by atoms with van der Waals surface area (Å²) in [7, 11) is 1.56. The van der Waals surface area contributed by atoms with Gasteiger partial charge in [0.25, 0.3) is 5.91 Å². The van der Waals surface area contributed by atoms with Gasteiger partial charge in [0.05, 0.1) is 24.9 Å². The van der Waals surface area contributed by atoms with Crippen LogP contribution in [0, 0.1) is 0 Å². The molecule has 7 heteroatoms. The molecule has 0 atom stereocenters. The van der Waals surface area contributed by atoms with Crippen LogP contribution in [-0.4, -0.2) is 47.4 Å². The average Bonchev–Trinajstić information content (AvgIpc) is 3.32. The van der Waals surface area contributed by atoms with Crippen LogP contribution in [0.15, 0.2) is 73.4 Å². The molecule has 0 spiro atoms. The lowest BCUT2D eigenvalue weighted by Gasteiger charge is -2.33. The molecule has 0 radical (unpaired) electrons. The van der Waals surface area contributed by atoms with Crippen molar-refractivity contribution in [2.45, 2.75) is 25.4 Å². The maximum atomic E-state index is 12.8. The van der Waals surface area contributed by atoms with E-state index in [4.69, 9.17) is 9.47 Å². The standard InChI is InChI=1S/C26H30N4O3/c1-3-18-33-23-10-6-4-8-20(23)19-29-16-13-21(14-17-29)30-25(12-15-27-30)28-26(31)22-9-5-7-11-24(22)32-2/h3-12,15,21H,1,13-14,16-19H2,2H3,(H,28,31). The van der Waals surface area contributed by atoms with Gasteiger partial charge in [-0.25, -0.2) is 4.68 Å². The summed E-state index contributed by atoms with van der Waals surface area (Å²) < 4.78 is 13.1. The predicted molar refractivity (Wildman–Crippen MR) is 129 cm³/mol. The number of carbonyl (C=O) groups excluding carboxylic acids is 1. The maximum absolute atomic E-state index is 12.8. The van der Waals surface area contributed by atoms with Crippen LogP contribution in [0.3, 0.4) is 0 Å². The molecule has 1 aliphatic rings. The van der Waals surface area contributed by atoms with Crippen molar-refractivity contribution in [1.82, 2.24) is 14.7 Å². The van der Waals surface area contributed by atoms with Crippen LogP contribution in [0.2, 0.25) is 0 Å². The number of benzene rings is 2. The van der Waals surface area contributed by atoms with Crippen molar-refractivity contribution in [3.8, 4) is 11.5 Å². The van der Waals surface area contributed by atoms with Crippen molar-refractivity contribution < 1.29 is 14.3 Å². The minimum Gasteiger partial charge on any atom is -0.496 e. The zero-order valence-corrected chi connectivity index (χ0v) is 18.9. The van der Waals surface area contributed by atoms with E-state index in [1.165, 1.54) is 5.56 Å². The number of anilines is 1.